The molecular formula is C12H13N5O4. The van der Waals surface area contributed by atoms with Crippen molar-refractivity contribution in [2.45, 2.75) is 13.5 Å². The van der Waals surface area contributed by atoms with Gasteiger partial charge in [0.05, 0.1) is 28.3 Å². The van der Waals surface area contributed by atoms with E-state index in [1.165, 1.54) is 16.9 Å². The minimum Gasteiger partial charge on any atom is -0.383 e. The lowest BCUT2D eigenvalue weighted by Crippen LogP contribution is -2.03. The predicted octanol–water partition coefficient (Wildman–Crippen LogP) is 2.10. The van der Waals surface area contributed by atoms with Crippen molar-refractivity contribution in [2.24, 2.45) is 0 Å². The van der Waals surface area contributed by atoms with Crippen molar-refractivity contribution in [1.29, 1.82) is 0 Å². The first-order valence-electron chi connectivity index (χ1n) is 6.06. The maximum atomic E-state index is 11.0. The van der Waals surface area contributed by atoms with Crippen LogP contribution in [0.4, 0.5) is 17.2 Å². The van der Waals surface area contributed by atoms with Crippen molar-refractivity contribution in [2.75, 3.05) is 12.4 Å². The Balaban J connectivity index is 2.31. The number of hydrogen-bond acceptors (Lipinski definition) is 6. The lowest BCUT2D eigenvalue weighted by atomic mass is 10.1. The van der Waals surface area contributed by atoms with Gasteiger partial charge >= 0.3 is 5.82 Å². The molecule has 0 saturated carbocycles. The Morgan fingerprint density at radius 3 is 2.52 bits per heavy atom. The average molecular weight is 291 g/mol. The molecule has 21 heavy (non-hydrogen) atoms. The molecule has 2 aromatic rings. The van der Waals surface area contributed by atoms with Crippen LogP contribution in [0.2, 0.25) is 0 Å². The number of benzene rings is 1. The third-order valence-corrected chi connectivity index (χ3v) is 2.96. The quantitative estimate of drug-likeness (QED) is 0.666. The molecule has 9 heteroatoms. The summed E-state index contributed by atoms with van der Waals surface area (Å²) in [6.45, 7) is 1.81. The Morgan fingerprint density at radius 2 is 2.00 bits per heavy atom. The predicted molar refractivity (Wildman–Crippen MR) is 75.4 cm³/mol. The largest absolute Gasteiger partial charge is 0.392 e. The maximum absolute atomic E-state index is 11.0. The summed E-state index contributed by atoms with van der Waals surface area (Å²) in [6.07, 6.45) is 1.54. The van der Waals surface area contributed by atoms with E-state index in [-0.39, 0.29) is 18.1 Å². The molecule has 0 aliphatic carbocycles. The molecule has 1 aromatic carbocycles. The zero-order chi connectivity index (χ0) is 15.6. The third kappa shape index (κ3) is 2.96. The van der Waals surface area contributed by atoms with Gasteiger partial charge in [0.1, 0.15) is 5.69 Å². The number of hydrogen-bond donors (Lipinski definition) is 1. The van der Waals surface area contributed by atoms with Crippen LogP contribution in [0.5, 0.6) is 0 Å². The monoisotopic (exact) mass is 291 g/mol. The summed E-state index contributed by atoms with van der Waals surface area (Å²) >= 11 is 0. The van der Waals surface area contributed by atoms with Gasteiger partial charge in [0.25, 0.3) is 5.69 Å². The van der Waals surface area contributed by atoms with Crippen LogP contribution in [0, 0.1) is 27.2 Å². The topological polar surface area (TPSA) is 116 Å². The number of nitrogens with zero attached hydrogens (tertiary/aromatic N) is 4. The van der Waals surface area contributed by atoms with Gasteiger partial charge in [-0.1, -0.05) is 6.07 Å². The highest BCUT2D eigenvalue weighted by molar-refractivity contribution is 5.62. The number of nitro benzene ring substituents is 1. The summed E-state index contributed by atoms with van der Waals surface area (Å²) in [5.74, 6) is -0.212. The molecular weight excluding hydrogens is 278 g/mol. The summed E-state index contributed by atoms with van der Waals surface area (Å²) in [5, 5.41) is 28.3. The number of rotatable bonds is 5. The van der Waals surface area contributed by atoms with E-state index in [9.17, 15) is 20.2 Å². The first kappa shape index (κ1) is 14.4. The molecule has 0 atom stereocenters. The second-order valence-corrected chi connectivity index (χ2v) is 4.45. The van der Waals surface area contributed by atoms with Crippen LogP contribution in [0.15, 0.2) is 24.4 Å². The SMILES string of the molecule is CNc1ccc(Cn2cc(C)c([N+](=O)[O-])n2)cc1[N+](=O)[O-]. The van der Waals surface area contributed by atoms with Crippen LogP contribution in [-0.2, 0) is 6.54 Å². The summed E-state index contributed by atoms with van der Waals surface area (Å²) in [7, 11) is 1.60. The first-order valence-corrected chi connectivity index (χ1v) is 6.06. The summed E-state index contributed by atoms with van der Waals surface area (Å²) < 4.78 is 1.39. The standard InChI is InChI=1S/C12H13N5O4/c1-8-6-15(14-12(8)17(20)21)7-9-3-4-10(13-2)11(5-9)16(18)19/h3-6,13H,7H2,1-2H3. The Morgan fingerprint density at radius 1 is 1.29 bits per heavy atom. The van der Waals surface area contributed by atoms with Gasteiger partial charge in [-0.25, -0.2) is 0 Å². The molecule has 0 spiro atoms. The zero-order valence-electron chi connectivity index (χ0n) is 11.4. The van der Waals surface area contributed by atoms with E-state index in [1.807, 2.05) is 0 Å². The Labute approximate surface area is 119 Å². The lowest BCUT2D eigenvalue weighted by Gasteiger charge is -2.04. The van der Waals surface area contributed by atoms with Crippen LogP contribution in [0.3, 0.4) is 0 Å². The fraction of sp³-hybridized carbons (Fsp3) is 0.250. The van der Waals surface area contributed by atoms with Gasteiger partial charge in [-0.3, -0.25) is 10.1 Å². The van der Waals surface area contributed by atoms with Gasteiger partial charge < -0.3 is 15.4 Å². The van der Waals surface area contributed by atoms with Crippen LogP contribution < -0.4 is 5.32 Å². The molecule has 1 aromatic heterocycles. The van der Waals surface area contributed by atoms with Crippen molar-refractivity contribution in [1.82, 2.24) is 9.78 Å². The number of nitrogens with one attached hydrogen (secondary N) is 1. The van der Waals surface area contributed by atoms with Gasteiger partial charge in [0, 0.05) is 13.1 Å². The van der Waals surface area contributed by atoms with E-state index in [1.54, 1.807) is 26.1 Å². The minimum atomic E-state index is -0.557. The fourth-order valence-corrected chi connectivity index (χ4v) is 2.00. The Hall–Kier alpha value is -2.97. The molecule has 1 heterocycles. The van der Waals surface area contributed by atoms with Crippen molar-refractivity contribution < 1.29 is 9.85 Å². The van der Waals surface area contributed by atoms with E-state index in [2.05, 4.69) is 10.4 Å². The molecule has 9 nitrogen and oxygen atoms in total. The van der Waals surface area contributed by atoms with Gasteiger partial charge in [-0.15, -0.1) is 0 Å². The van der Waals surface area contributed by atoms with E-state index in [0.717, 1.165) is 0 Å². The molecule has 0 amide bonds. The van der Waals surface area contributed by atoms with Gasteiger partial charge in [0.15, 0.2) is 0 Å². The van der Waals surface area contributed by atoms with E-state index in [0.29, 0.717) is 16.8 Å². The van der Waals surface area contributed by atoms with Crippen LogP contribution in [0.1, 0.15) is 11.1 Å². The Kier molecular flexibility index (Phi) is 3.83. The highest BCUT2D eigenvalue weighted by Gasteiger charge is 2.18. The maximum Gasteiger partial charge on any atom is 0.392 e. The third-order valence-electron chi connectivity index (χ3n) is 2.96. The second kappa shape index (κ2) is 5.57. The molecule has 2 rings (SSSR count). The van der Waals surface area contributed by atoms with E-state index < -0.39 is 9.85 Å². The van der Waals surface area contributed by atoms with Crippen molar-refractivity contribution in [3.63, 3.8) is 0 Å². The Bertz CT molecular complexity index is 710. The second-order valence-electron chi connectivity index (χ2n) is 4.45. The van der Waals surface area contributed by atoms with E-state index in [4.69, 9.17) is 0 Å². The smallest absolute Gasteiger partial charge is 0.383 e. The molecule has 0 aliphatic heterocycles. The molecule has 0 aliphatic rings. The molecule has 0 unspecified atom stereocenters. The van der Waals surface area contributed by atoms with Crippen LogP contribution in [-0.4, -0.2) is 26.7 Å². The zero-order valence-corrected chi connectivity index (χ0v) is 11.4. The van der Waals surface area contributed by atoms with Gasteiger partial charge in [-0.2, -0.15) is 4.68 Å². The highest BCUT2D eigenvalue weighted by atomic mass is 16.6. The molecule has 0 saturated heterocycles. The minimum absolute atomic E-state index is 0.0478. The summed E-state index contributed by atoms with van der Waals surface area (Å²) in [6, 6.07) is 4.73. The van der Waals surface area contributed by atoms with Gasteiger partial charge in [-0.05, 0) is 23.5 Å². The molecule has 0 fully saturated rings. The summed E-state index contributed by atoms with van der Waals surface area (Å²) in [4.78, 5) is 20.7. The van der Waals surface area contributed by atoms with Crippen molar-refractivity contribution in [3.05, 3.63) is 55.8 Å². The van der Waals surface area contributed by atoms with Crippen molar-refractivity contribution >= 4 is 17.2 Å². The summed E-state index contributed by atoms with van der Waals surface area (Å²) in [5.41, 5.74) is 1.44. The number of aromatic nitrogens is 2. The van der Waals surface area contributed by atoms with E-state index >= 15 is 0 Å². The van der Waals surface area contributed by atoms with Crippen LogP contribution in [0.25, 0.3) is 0 Å². The normalized spacial score (nSPS) is 10.4. The number of nitro groups is 2. The highest BCUT2D eigenvalue weighted by Crippen LogP contribution is 2.25. The molecule has 0 radical (unpaired) electrons. The molecule has 110 valence electrons. The van der Waals surface area contributed by atoms with Gasteiger partial charge in [0.2, 0.25) is 0 Å². The number of anilines is 1. The first-order chi connectivity index (χ1) is 9.92. The lowest BCUT2D eigenvalue weighted by molar-refractivity contribution is -0.390. The number of aryl methyl sites for hydroxylation is 1. The average Bonchev–Trinajstić information content (AvgIpc) is 2.79. The van der Waals surface area contributed by atoms with Crippen molar-refractivity contribution in [3.8, 4) is 0 Å². The molecule has 0 bridgehead atoms. The molecule has 1 N–H and O–H groups in total. The fourth-order valence-electron chi connectivity index (χ4n) is 2.00. The van der Waals surface area contributed by atoms with Crippen LogP contribution >= 0.6 is 0 Å².